The molecule has 2 aromatic carbocycles. The van der Waals surface area contributed by atoms with Crippen molar-refractivity contribution in [1.29, 1.82) is 10.8 Å². The van der Waals surface area contributed by atoms with Crippen molar-refractivity contribution in [3.8, 4) is 11.1 Å². The zero-order valence-electron chi connectivity index (χ0n) is 16.1. The number of hydrogen-bond acceptors (Lipinski definition) is 2. The molecule has 0 radical (unpaired) electrons. The van der Waals surface area contributed by atoms with Crippen molar-refractivity contribution in [2.45, 2.75) is 27.7 Å². The van der Waals surface area contributed by atoms with Crippen molar-refractivity contribution in [3.05, 3.63) is 90.0 Å². The summed E-state index contributed by atoms with van der Waals surface area (Å²) in [5.74, 6) is 0. The molecule has 0 aliphatic heterocycles. The van der Waals surface area contributed by atoms with Crippen molar-refractivity contribution in [3.63, 3.8) is 0 Å². The zero-order valence-corrected chi connectivity index (χ0v) is 16.1. The second-order valence-electron chi connectivity index (χ2n) is 5.57. The van der Waals surface area contributed by atoms with E-state index in [1.807, 2.05) is 45.0 Å². The molecule has 0 spiro atoms. The first-order chi connectivity index (χ1) is 12.6. The van der Waals surface area contributed by atoms with Crippen LogP contribution in [0.5, 0.6) is 0 Å². The lowest BCUT2D eigenvalue weighted by atomic mass is 9.93. The monoisotopic (exact) mass is 344 g/mol. The van der Waals surface area contributed by atoms with E-state index in [9.17, 15) is 0 Å². The van der Waals surface area contributed by atoms with Crippen LogP contribution in [0.4, 0.5) is 0 Å². The molecule has 0 saturated carbocycles. The summed E-state index contributed by atoms with van der Waals surface area (Å²) in [7, 11) is 0. The van der Waals surface area contributed by atoms with Crippen molar-refractivity contribution < 1.29 is 0 Å². The maximum Gasteiger partial charge on any atom is 0.0609 e. The summed E-state index contributed by atoms with van der Waals surface area (Å²) in [5.41, 5.74) is 6.50. The first-order valence-electron chi connectivity index (χ1n) is 8.86. The molecule has 0 amide bonds. The fraction of sp³-hybridized carbons (Fsp3) is 0.167. The van der Waals surface area contributed by atoms with Gasteiger partial charge in [0, 0.05) is 11.8 Å². The van der Waals surface area contributed by atoms with Crippen LogP contribution < -0.4 is 0 Å². The van der Waals surface area contributed by atoms with Gasteiger partial charge in [0.2, 0.25) is 0 Å². The average Bonchev–Trinajstić information content (AvgIpc) is 2.67. The van der Waals surface area contributed by atoms with Crippen LogP contribution in [0.3, 0.4) is 0 Å². The largest absolute Gasteiger partial charge is 0.309 e. The van der Waals surface area contributed by atoms with Gasteiger partial charge in [0.25, 0.3) is 0 Å². The molecule has 2 nitrogen and oxygen atoms in total. The molecule has 0 aliphatic rings. The molecule has 0 fully saturated rings. The minimum atomic E-state index is 0.464. The summed E-state index contributed by atoms with van der Waals surface area (Å²) >= 11 is 0. The third-order valence-corrected chi connectivity index (χ3v) is 3.74. The normalized spacial score (nSPS) is 10.8. The Morgan fingerprint density at radius 3 is 2.27 bits per heavy atom. The Bertz CT molecular complexity index is 839. The summed E-state index contributed by atoms with van der Waals surface area (Å²) in [6.07, 6.45) is 8.36. The van der Waals surface area contributed by atoms with E-state index in [1.165, 1.54) is 11.8 Å². The number of allylic oxidation sites excluding steroid dienone is 5. The van der Waals surface area contributed by atoms with E-state index in [-0.39, 0.29) is 0 Å². The van der Waals surface area contributed by atoms with Crippen LogP contribution in [0.1, 0.15) is 37.5 Å². The number of rotatable bonds is 6. The second-order valence-corrected chi connectivity index (χ2v) is 5.57. The molecule has 0 atom stereocenters. The van der Waals surface area contributed by atoms with E-state index in [2.05, 4.69) is 37.8 Å². The topological polar surface area (TPSA) is 47.7 Å². The van der Waals surface area contributed by atoms with Gasteiger partial charge in [-0.05, 0) is 66.5 Å². The van der Waals surface area contributed by atoms with Crippen molar-refractivity contribution in [2.24, 2.45) is 0 Å². The summed E-state index contributed by atoms with van der Waals surface area (Å²) < 4.78 is 0. The van der Waals surface area contributed by atoms with Crippen LogP contribution in [0.25, 0.3) is 16.7 Å². The van der Waals surface area contributed by atoms with E-state index in [0.717, 1.165) is 27.8 Å². The molecular weight excluding hydrogens is 316 g/mol. The molecule has 134 valence electrons. The maximum atomic E-state index is 8.25. The molecule has 26 heavy (non-hydrogen) atoms. The van der Waals surface area contributed by atoms with Gasteiger partial charge in [-0.25, -0.2) is 0 Å². The third-order valence-electron chi connectivity index (χ3n) is 3.74. The maximum absolute atomic E-state index is 8.25. The average molecular weight is 345 g/mol. The molecular formula is C24H28N2. The van der Waals surface area contributed by atoms with Gasteiger partial charge in [-0.1, -0.05) is 62.4 Å². The van der Waals surface area contributed by atoms with Gasteiger partial charge >= 0.3 is 0 Å². The Hall–Kier alpha value is -3.00. The first-order valence-corrected chi connectivity index (χ1v) is 8.86. The van der Waals surface area contributed by atoms with Crippen LogP contribution in [0.15, 0.2) is 73.3 Å². The van der Waals surface area contributed by atoms with Crippen LogP contribution in [-0.2, 0) is 0 Å². The van der Waals surface area contributed by atoms with E-state index in [4.69, 9.17) is 10.8 Å². The molecule has 0 heterocycles. The van der Waals surface area contributed by atoms with Crippen LogP contribution in [0.2, 0.25) is 0 Å². The summed E-state index contributed by atoms with van der Waals surface area (Å²) in [4.78, 5) is 0. The van der Waals surface area contributed by atoms with Gasteiger partial charge in [-0.3, -0.25) is 0 Å². The van der Waals surface area contributed by atoms with Gasteiger partial charge in [0.05, 0.1) is 5.71 Å². The SMILES string of the molecule is C=C/C(=C\C=N)c1cc(C(=N)/C=C\C)cc(-c2cccc(C)c2)c1.CC. The van der Waals surface area contributed by atoms with Crippen molar-refractivity contribution in [1.82, 2.24) is 0 Å². The van der Waals surface area contributed by atoms with Crippen LogP contribution in [0, 0.1) is 17.7 Å². The number of aryl methyl sites for hydroxylation is 1. The molecule has 2 N–H and O–H groups in total. The minimum Gasteiger partial charge on any atom is -0.309 e. The van der Waals surface area contributed by atoms with E-state index in [1.54, 1.807) is 18.2 Å². The van der Waals surface area contributed by atoms with Gasteiger partial charge in [-0.2, -0.15) is 0 Å². The summed E-state index contributed by atoms with van der Waals surface area (Å²) in [5, 5.41) is 15.6. The molecule has 0 aliphatic carbocycles. The van der Waals surface area contributed by atoms with Crippen LogP contribution >= 0.6 is 0 Å². The zero-order chi connectivity index (χ0) is 19.5. The Morgan fingerprint density at radius 2 is 1.69 bits per heavy atom. The molecule has 0 aromatic heterocycles. The third kappa shape index (κ3) is 5.52. The second kappa shape index (κ2) is 10.8. The van der Waals surface area contributed by atoms with Gasteiger partial charge in [0.1, 0.15) is 0 Å². The number of benzene rings is 2. The quantitative estimate of drug-likeness (QED) is 0.425. The van der Waals surface area contributed by atoms with Gasteiger partial charge in [-0.15, -0.1) is 0 Å². The molecule has 2 rings (SSSR count). The molecule has 0 bridgehead atoms. The fourth-order valence-corrected chi connectivity index (χ4v) is 2.58. The highest BCUT2D eigenvalue weighted by molar-refractivity contribution is 6.08. The fourth-order valence-electron chi connectivity index (χ4n) is 2.58. The Kier molecular flexibility index (Phi) is 8.72. The van der Waals surface area contributed by atoms with Gasteiger partial charge < -0.3 is 10.8 Å². The molecule has 0 saturated heterocycles. The lowest BCUT2D eigenvalue weighted by Gasteiger charge is -2.11. The highest BCUT2D eigenvalue weighted by atomic mass is 14.4. The Morgan fingerprint density at radius 1 is 1.00 bits per heavy atom. The molecule has 0 unspecified atom stereocenters. The van der Waals surface area contributed by atoms with E-state index >= 15 is 0 Å². The Balaban J connectivity index is 0.00000163. The standard InChI is InChI=1S/C22H22N2.C2H6/c1-4-7-22(24)21-14-19(17(5-2)10-11-23)13-20(15-21)18-9-6-8-16(3)12-18;1-2/h4-15,23-24H,2H2,1,3H3;1-2H3/b7-4-,17-10+,23-11?,24-22?;. The lowest BCUT2D eigenvalue weighted by Crippen LogP contribution is -1.97. The summed E-state index contributed by atoms with van der Waals surface area (Å²) in [6, 6.07) is 14.4. The van der Waals surface area contributed by atoms with Crippen molar-refractivity contribution >= 4 is 17.5 Å². The highest BCUT2D eigenvalue weighted by Gasteiger charge is 2.08. The molecule has 2 aromatic rings. The first kappa shape index (κ1) is 21.0. The predicted molar refractivity (Wildman–Crippen MR) is 117 cm³/mol. The number of hydrogen-bond donors (Lipinski definition) is 2. The minimum absolute atomic E-state index is 0.464. The lowest BCUT2D eigenvalue weighted by molar-refractivity contribution is 1.45. The Labute approximate surface area is 157 Å². The summed E-state index contributed by atoms with van der Waals surface area (Å²) in [6.45, 7) is 11.8. The predicted octanol–water partition coefficient (Wildman–Crippen LogP) is 6.85. The smallest absolute Gasteiger partial charge is 0.0609 e. The van der Waals surface area contributed by atoms with Gasteiger partial charge in [0.15, 0.2) is 0 Å². The highest BCUT2D eigenvalue weighted by Crippen LogP contribution is 2.27. The van der Waals surface area contributed by atoms with Crippen LogP contribution in [-0.4, -0.2) is 11.9 Å². The van der Waals surface area contributed by atoms with E-state index in [0.29, 0.717) is 5.71 Å². The van der Waals surface area contributed by atoms with E-state index < -0.39 is 0 Å². The number of nitrogens with one attached hydrogen (secondary N) is 2. The molecule has 2 heteroatoms. The van der Waals surface area contributed by atoms with Crippen molar-refractivity contribution in [2.75, 3.05) is 0 Å².